The Morgan fingerprint density at radius 2 is 2.12 bits per heavy atom. The maximum absolute atomic E-state index is 12.0. The van der Waals surface area contributed by atoms with Crippen LogP contribution in [0, 0.1) is 12.8 Å². The number of hydrogen-bond donors (Lipinski definition) is 1. The molecule has 0 bridgehead atoms. The van der Waals surface area contributed by atoms with Crippen LogP contribution >= 0.6 is 0 Å². The lowest BCUT2D eigenvalue weighted by Crippen LogP contribution is -2.48. The first-order chi connectivity index (χ1) is 11.6. The monoisotopic (exact) mass is 331 g/mol. The summed E-state index contributed by atoms with van der Waals surface area (Å²) in [4.78, 5) is 18.5. The average Bonchev–Trinajstić information content (AvgIpc) is 2.60. The molecule has 0 radical (unpaired) electrons. The van der Waals surface area contributed by atoms with Gasteiger partial charge in [-0.05, 0) is 38.7 Å². The minimum Gasteiger partial charge on any atom is -0.466 e. The highest BCUT2D eigenvalue weighted by atomic mass is 16.5. The van der Waals surface area contributed by atoms with Crippen LogP contribution in [0.5, 0.6) is 0 Å². The van der Waals surface area contributed by atoms with Gasteiger partial charge in [-0.25, -0.2) is 0 Å². The Morgan fingerprint density at radius 3 is 2.79 bits per heavy atom. The Labute approximate surface area is 145 Å². The number of ether oxygens (including phenoxy) is 1. The lowest BCUT2D eigenvalue weighted by molar-refractivity contribution is -0.149. The molecule has 1 fully saturated rings. The van der Waals surface area contributed by atoms with Crippen LogP contribution in [0.2, 0.25) is 0 Å². The fourth-order valence-electron chi connectivity index (χ4n) is 3.03. The first-order valence-corrected chi connectivity index (χ1v) is 8.81. The van der Waals surface area contributed by atoms with E-state index >= 15 is 0 Å². The van der Waals surface area contributed by atoms with Gasteiger partial charge in [-0.3, -0.25) is 9.79 Å². The molecule has 0 amide bonds. The van der Waals surface area contributed by atoms with Gasteiger partial charge in [0.15, 0.2) is 5.96 Å². The number of rotatable bonds is 5. The van der Waals surface area contributed by atoms with Crippen LogP contribution in [-0.4, -0.2) is 50.1 Å². The second-order valence-corrected chi connectivity index (χ2v) is 6.25. The van der Waals surface area contributed by atoms with Crippen molar-refractivity contribution in [1.82, 2.24) is 10.2 Å². The predicted molar refractivity (Wildman–Crippen MR) is 97.2 cm³/mol. The molecule has 1 aliphatic heterocycles. The summed E-state index contributed by atoms with van der Waals surface area (Å²) in [6, 6.07) is 8.60. The first-order valence-electron chi connectivity index (χ1n) is 8.81. The van der Waals surface area contributed by atoms with Gasteiger partial charge in [0.1, 0.15) is 0 Å². The van der Waals surface area contributed by atoms with Crippen LogP contribution in [0.25, 0.3) is 0 Å². The molecule has 1 aromatic rings. The van der Waals surface area contributed by atoms with E-state index in [-0.39, 0.29) is 11.9 Å². The topological polar surface area (TPSA) is 53.9 Å². The van der Waals surface area contributed by atoms with Gasteiger partial charge in [-0.1, -0.05) is 29.8 Å². The van der Waals surface area contributed by atoms with Crippen LogP contribution in [0.3, 0.4) is 0 Å². The standard InChI is InChI=1S/C19H29N3O2/c1-4-24-18(23)17-6-5-13-22(14-17)19(20-3)21-12-11-16-9-7-15(2)8-10-16/h7-10,17H,4-6,11-14H2,1-3H3,(H,20,21). The Bertz CT molecular complexity index is 554. The number of nitrogens with zero attached hydrogens (tertiary/aromatic N) is 2. The number of carbonyl (C=O) groups is 1. The molecule has 132 valence electrons. The Balaban J connectivity index is 1.84. The largest absolute Gasteiger partial charge is 0.466 e. The number of esters is 1. The Kier molecular flexibility index (Phi) is 7.09. The van der Waals surface area contributed by atoms with Crippen molar-refractivity contribution in [2.45, 2.75) is 33.1 Å². The van der Waals surface area contributed by atoms with E-state index in [4.69, 9.17) is 4.74 Å². The minimum absolute atomic E-state index is 0.0469. The fourth-order valence-corrected chi connectivity index (χ4v) is 3.03. The summed E-state index contributed by atoms with van der Waals surface area (Å²) in [5, 5.41) is 3.42. The molecule has 24 heavy (non-hydrogen) atoms. The van der Waals surface area contributed by atoms with Crippen molar-refractivity contribution in [3.05, 3.63) is 35.4 Å². The molecule has 1 unspecified atom stereocenters. The molecule has 0 spiro atoms. The number of hydrogen-bond acceptors (Lipinski definition) is 3. The lowest BCUT2D eigenvalue weighted by Gasteiger charge is -2.34. The fraction of sp³-hybridized carbons (Fsp3) is 0.579. The number of carbonyl (C=O) groups excluding carboxylic acids is 1. The normalized spacial score (nSPS) is 18.4. The molecule has 1 saturated heterocycles. The van der Waals surface area contributed by atoms with Gasteiger partial charge in [0.05, 0.1) is 12.5 Å². The summed E-state index contributed by atoms with van der Waals surface area (Å²) in [5.74, 6) is 0.739. The van der Waals surface area contributed by atoms with E-state index in [9.17, 15) is 4.79 Å². The third kappa shape index (κ3) is 5.25. The molecule has 2 rings (SSSR count). The molecule has 1 aliphatic rings. The molecular formula is C19H29N3O2. The first kappa shape index (κ1) is 18.3. The van der Waals surface area contributed by atoms with Crippen molar-refractivity contribution in [1.29, 1.82) is 0 Å². The number of guanidine groups is 1. The Hall–Kier alpha value is -2.04. The van der Waals surface area contributed by atoms with Gasteiger partial charge in [0.25, 0.3) is 0 Å². The number of piperidine rings is 1. The van der Waals surface area contributed by atoms with E-state index in [0.717, 1.165) is 38.3 Å². The van der Waals surface area contributed by atoms with E-state index in [1.165, 1.54) is 11.1 Å². The molecule has 1 N–H and O–H groups in total. The van der Waals surface area contributed by atoms with Crippen LogP contribution in [0.15, 0.2) is 29.3 Å². The molecule has 5 heteroatoms. The van der Waals surface area contributed by atoms with Gasteiger partial charge < -0.3 is 15.0 Å². The summed E-state index contributed by atoms with van der Waals surface area (Å²) in [5.41, 5.74) is 2.59. The highest BCUT2D eigenvalue weighted by molar-refractivity contribution is 5.81. The van der Waals surface area contributed by atoms with Gasteiger partial charge in [0, 0.05) is 26.7 Å². The lowest BCUT2D eigenvalue weighted by atomic mass is 9.98. The third-order valence-corrected chi connectivity index (χ3v) is 4.37. The van der Waals surface area contributed by atoms with E-state index in [2.05, 4.69) is 46.4 Å². The highest BCUT2D eigenvalue weighted by Crippen LogP contribution is 2.18. The molecule has 5 nitrogen and oxygen atoms in total. The van der Waals surface area contributed by atoms with Crippen LogP contribution in [0.1, 0.15) is 30.9 Å². The van der Waals surface area contributed by atoms with Crippen molar-refractivity contribution >= 4 is 11.9 Å². The van der Waals surface area contributed by atoms with E-state index in [1.807, 2.05) is 6.92 Å². The summed E-state index contributed by atoms with van der Waals surface area (Å²) in [7, 11) is 1.79. The van der Waals surface area contributed by atoms with Crippen molar-refractivity contribution < 1.29 is 9.53 Å². The van der Waals surface area contributed by atoms with Gasteiger partial charge in [-0.2, -0.15) is 0 Å². The quantitative estimate of drug-likeness (QED) is 0.511. The summed E-state index contributed by atoms with van der Waals surface area (Å²) < 4.78 is 5.17. The predicted octanol–water partition coefficient (Wildman–Crippen LogP) is 2.39. The van der Waals surface area contributed by atoms with Crippen LogP contribution in [-0.2, 0) is 16.0 Å². The molecule has 0 saturated carbocycles. The van der Waals surface area contributed by atoms with E-state index in [1.54, 1.807) is 7.05 Å². The number of aliphatic imine (C=N–C) groups is 1. The zero-order valence-electron chi connectivity index (χ0n) is 15.0. The zero-order valence-corrected chi connectivity index (χ0v) is 15.0. The van der Waals surface area contributed by atoms with Gasteiger partial charge >= 0.3 is 5.97 Å². The minimum atomic E-state index is -0.0858. The summed E-state index contributed by atoms with van der Waals surface area (Å²) in [6.07, 6.45) is 2.84. The SMILES string of the molecule is CCOC(=O)C1CCCN(C(=NC)NCCc2ccc(C)cc2)C1. The van der Waals surface area contributed by atoms with E-state index < -0.39 is 0 Å². The number of likely N-dealkylation sites (tertiary alicyclic amines) is 1. The number of aryl methyl sites for hydroxylation is 1. The molecule has 0 aromatic heterocycles. The van der Waals surface area contributed by atoms with Crippen molar-refractivity contribution in [2.75, 3.05) is 33.3 Å². The van der Waals surface area contributed by atoms with Gasteiger partial charge in [0.2, 0.25) is 0 Å². The number of nitrogens with one attached hydrogen (secondary N) is 1. The van der Waals surface area contributed by atoms with Crippen molar-refractivity contribution in [3.8, 4) is 0 Å². The molecular weight excluding hydrogens is 302 g/mol. The second kappa shape index (κ2) is 9.30. The molecule has 1 atom stereocenters. The maximum atomic E-state index is 12.0. The van der Waals surface area contributed by atoms with Crippen LogP contribution in [0.4, 0.5) is 0 Å². The molecule has 1 aromatic carbocycles. The van der Waals surface area contributed by atoms with Crippen LogP contribution < -0.4 is 5.32 Å². The third-order valence-electron chi connectivity index (χ3n) is 4.37. The molecule has 0 aliphatic carbocycles. The molecule has 1 heterocycles. The Morgan fingerprint density at radius 1 is 1.38 bits per heavy atom. The smallest absolute Gasteiger partial charge is 0.310 e. The summed E-state index contributed by atoms with van der Waals surface area (Å²) >= 11 is 0. The van der Waals surface area contributed by atoms with E-state index in [0.29, 0.717) is 13.2 Å². The highest BCUT2D eigenvalue weighted by Gasteiger charge is 2.28. The maximum Gasteiger partial charge on any atom is 0.310 e. The zero-order chi connectivity index (χ0) is 17.4. The average molecular weight is 331 g/mol. The number of benzene rings is 1. The summed E-state index contributed by atoms with van der Waals surface area (Å²) in [6.45, 7) is 6.84. The van der Waals surface area contributed by atoms with Gasteiger partial charge in [-0.15, -0.1) is 0 Å². The van der Waals surface area contributed by atoms with Crippen molar-refractivity contribution in [3.63, 3.8) is 0 Å². The van der Waals surface area contributed by atoms with Crippen molar-refractivity contribution in [2.24, 2.45) is 10.9 Å². The second-order valence-electron chi connectivity index (χ2n) is 6.25.